The van der Waals surface area contributed by atoms with Crippen LogP contribution >= 0.6 is 0 Å². The van der Waals surface area contributed by atoms with E-state index in [-0.39, 0.29) is 0 Å². The van der Waals surface area contributed by atoms with E-state index in [1.54, 1.807) is 6.07 Å². The average Bonchev–Trinajstić information content (AvgIpc) is 2.29. The predicted octanol–water partition coefficient (Wildman–Crippen LogP) is 3.33. The van der Waals surface area contributed by atoms with Crippen molar-refractivity contribution < 1.29 is 5.11 Å². The topological polar surface area (TPSA) is 58.3 Å². The number of rotatable bonds is 2. The molecular formula is C14H16N2O. The van der Waals surface area contributed by atoms with Crippen LogP contribution in [0.1, 0.15) is 11.1 Å². The summed E-state index contributed by atoms with van der Waals surface area (Å²) in [6, 6.07) is 11.2. The van der Waals surface area contributed by atoms with Crippen molar-refractivity contribution in [3.05, 3.63) is 47.5 Å². The Kier molecular flexibility index (Phi) is 2.91. The monoisotopic (exact) mass is 228 g/mol. The largest absolute Gasteiger partial charge is 0.508 e. The third-order valence-corrected chi connectivity index (χ3v) is 2.73. The highest BCUT2D eigenvalue weighted by Crippen LogP contribution is 2.27. The molecule has 2 aromatic rings. The van der Waals surface area contributed by atoms with Crippen LogP contribution < -0.4 is 11.1 Å². The van der Waals surface area contributed by atoms with Crippen LogP contribution in [0.5, 0.6) is 5.75 Å². The number of phenolic OH excluding ortho intramolecular Hbond substituents is 1. The molecule has 0 aromatic heterocycles. The molecule has 3 heteroatoms. The first-order valence-corrected chi connectivity index (χ1v) is 5.49. The highest BCUT2D eigenvalue weighted by atomic mass is 16.3. The molecule has 0 aliphatic rings. The fraction of sp³-hybridized carbons (Fsp3) is 0.143. The van der Waals surface area contributed by atoms with Crippen LogP contribution in [0.15, 0.2) is 36.4 Å². The number of hydrogen-bond acceptors (Lipinski definition) is 3. The van der Waals surface area contributed by atoms with Gasteiger partial charge in [-0.2, -0.15) is 0 Å². The van der Waals surface area contributed by atoms with Gasteiger partial charge in [-0.1, -0.05) is 0 Å². The zero-order valence-electron chi connectivity index (χ0n) is 9.99. The second-order valence-electron chi connectivity index (χ2n) is 4.20. The Morgan fingerprint density at radius 1 is 1.00 bits per heavy atom. The van der Waals surface area contributed by atoms with E-state index in [9.17, 15) is 5.11 Å². The molecule has 0 bridgehead atoms. The fourth-order valence-electron chi connectivity index (χ4n) is 1.66. The van der Waals surface area contributed by atoms with Gasteiger partial charge in [-0.15, -0.1) is 0 Å². The number of nitrogens with one attached hydrogen (secondary N) is 1. The number of phenols is 1. The van der Waals surface area contributed by atoms with Crippen LogP contribution in [0.3, 0.4) is 0 Å². The van der Waals surface area contributed by atoms with E-state index in [0.717, 1.165) is 28.2 Å². The average molecular weight is 228 g/mol. The highest BCUT2D eigenvalue weighted by Gasteiger charge is 2.03. The second-order valence-corrected chi connectivity index (χ2v) is 4.20. The number of nitrogen functional groups attached to an aromatic ring is 1. The standard InChI is InChI=1S/C14H16N2O/c1-9-8-14(17)10(2)7-13(9)16-12-5-3-11(15)4-6-12/h3-8,16-17H,15H2,1-2H3. The van der Waals surface area contributed by atoms with Gasteiger partial charge in [-0.05, 0) is 61.4 Å². The van der Waals surface area contributed by atoms with Crippen molar-refractivity contribution in [2.24, 2.45) is 0 Å². The van der Waals surface area contributed by atoms with Crippen LogP contribution in [0.25, 0.3) is 0 Å². The molecule has 0 radical (unpaired) electrons. The lowest BCUT2D eigenvalue weighted by Gasteiger charge is -2.11. The van der Waals surface area contributed by atoms with Crippen molar-refractivity contribution in [1.29, 1.82) is 0 Å². The highest BCUT2D eigenvalue weighted by molar-refractivity contribution is 5.66. The summed E-state index contributed by atoms with van der Waals surface area (Å²) in [4.78, 5) is 0. The van der Waals surface area contributed by atoms with Crippen LogP contribution in [-0.4, -0.2) is 5.11 Å². The minimum atomic E-state index is 0.324. The van der Waals surface area contributed by atoms with Gasteiger partial charge in [-0.25, -0.2) is 0 Å². The molecule has 88 valence electrons. The van der Waals surface area contributed by atoms with Crippen molar-refractivity contribution in [1.82, 2.24) is 0 Å². The van der Waals surface area contributed by atoms with Crippen molar-refractivity contribution in [3.63, 3.8) is 0 Å². The van der Waals surface area contributed by atoms with Crippen LogP contribution in [0.4, 0.5) is 17.1 Å². The molecule has 0 amide bonds. The molecule has 0 aliphatic heterocycles. The summed E-state index contributed by atoms with van der Waals surface area (Å²) in [5, 5.41) is 12.9. The maximum Gasteiger partial charge on any atom is 0.118 e. The minimum Gasteiger partial charge on any atom is -0.508 e. The maximum atomic E-state index is 9.58. The lowest BCUT2D eigenvalue weighted by molar-refractivity contribution is 0.471. The maximum absolute atomic E-state index is 9.58. The molecule has 17 heavy (non-hydrogen) atoms. The molecule has 0 saturated heterocycles. The predicted molar refractivity (Wildman–Crippen MR) is 71.7 cm³/mol. The quantitative estimate of drug-likeness (QED) is 0.546. The first-order valence-electron chi connectivity index (χ1n) is 5.49. The lowest BCUT2D eigenvalue weighted by Crippen LogP contribution is -1.94. The van der Waals surface area contributed by atoms with Crippen molar-refractivity contribution in [2.75, 3.05) is 11.1 Å². The van der Waals surface area contributed by atoms with E-state index in [2.05, 4.69) is 5.32 Å². The molecule has 0 fully saturated rings. The van der Waals surface area contributed by atoms with Gasteiger partial charge in [0.1, 0.15) is 5.75 Å². The van der Waals surface area contributed by atoms with Gasteiger partial charge >= 0.3 is 0 Å². The minimum absolute atomic E-state index is 0.324. The molecule has 0 heterocycles. The normalized spacial score (nSPS) is 10.2. The Balaban J connectivity index is 2.30. The number of nitrogens with two attached hydrogens (primary N) is 1. The van der Waals surface area contributed by atoms with Crippen LogP contribution in [0, 0.1) is 13.8 Å². The van der Waals surface area contributed by atoms with Crippen LogP contribution in [-0.2, 0) is 0 Å². The van der Waals surface area contributed by atoms with Gasteiger partial charge in [0, 0.05) is 17.1 Å². The van der Waals surface area contributed by atoms with Crippen LogP contribution in [0.2, 0.25) is 0 Å². The second kappa shape index (κ2) is 4.37. The fourth-order valence-corrected chi connectivity index (χ4v) is 1.66. The molecule has 0 saturated carbocycles. The summed E-state index contributed by atoms with van der Waals surface area (Å²) in [6.45, 7) is 3.84. The molecule has 0 unspecified atom stereocenters. The number of anilines is 3. The summed E-state index contributed by atoms with van der Waals surface area (Å²) in [6.07, 6.45) is 0. The van der Waals surface area contributed by atoms with Crippen molar-refractivity contribution in [2.45, 2.75) is 13.8 Å². The molecule has 3 nitrogen and oxygen atoms in total. The van der Waals surface area contributed by atoms with Gasteiger partial charge in [0.2, 0.25) is 0 Å². The number of aromatic hydroxyl groups is 1. The van der Waals surface area contributed by atoms with Gasteiger partial charge in [0.05, 0.1) is 0 Å². The Bertz CT molecular complexity index is 533. The van der Waals surface area contributed by atoms with Gasteiger partial charge in [0.25, 0.3) is 0 Å². The first kappa shape index (κ1) is 11.3. The molecule has 0 aliphatic carbocycles. The molecule has 2 rings (SSSR count). The summed E-state index contributed by atoms with van der Waals surface area (Å²) in [5.74, 6) is 0.324. The van der Waals surface area contributed by atoms with E-state index in [1.165, 1.54) is 0 Å². The Morgan fingerprint density at radius 2 is 1.65 bits per heavy atom. The third-order valence-electron chi connectivity index (χ3n) is 2.73. The van der Waals surface area contributed by atoms with Crippen molar-refractivity contribution in [3.8, 4) is 5.75 Å². The summed E-state index contributed by atoms with van der Waals surface area (Å²) in [5.41, 5.74) is 10.2. The van der Waals surface area contributed by atoms with E-state index in [4.69, 9.17) is 5.73 Å². The van der Waals surface area contributed by atoms with E-state index in [1.807, 2.05) is 44.2 Å². The summed E-state index contributed by atoms with van der Waals surface area (Å²) >= 11 is 0. The number of benzene rings is 2. The Hall–Kier alpha value is -2.16. The molecule has 2 aromatic carbocycles. The van der Waals surface area contributed by atoms with Gasteiger partial charge in [0.15, 0.2) is 0 Å². The third kappa shape index (κ3) is 2.50. The van der Waals surface area contributed by atoms with Crippen molar-refractivity contribution >= 4 is 17.1 Å². The zero-order valence-corrected chi connectivity index (χ0v) is 9.99. The van der Waals surface area contributed by atoms with E-state index < -0.39 is 0 Å². The first-order chi connectivity index (χ1) is 8.06. The Labute approximate surface area is 101 Å². The van der Waals surface area contributed by atoms with Gasteiger partial charge < -0.3 is 16.2 Å². The molecule has 4 N–H and O–H groups in total. The lowest BCUT2D eigenvalue weighted by atomic mass is 10.1. The van der Waals surface area contributed by atoms with E-state index in [0.29, 0.717) is 5.75 Å². The number of aryl methyl sites for hydroxylation is 2. The van der Waals surface area contributed by atoms with E-state index >= 15 is 0 Å². The summed E-state index contributed by atoms with van der Waals surface area (Å²) < 4.78 is 0. The molecule has 0 atom stereocenters. The SMILES string of the molecule is Cc1cc(Nc2ccc(N)cc2)c(C)cc1O. The Morgan fingerprint density at radius 3 is 2.29 bits per heavy atom. The molecule has 0 spiro atoms. The number of hydrogen-bond donors (Lipinski definition) is 3. The van der Waals surface area contributed by atoms with Gasteiger partial charge in [-0.3, -0.25) is 0 Å². The smallest absolute Gasteiger partial charge is 0.118 e. The molecular weight excluding hydrogens is 212 g/mol. The summed E-state index contributed by atoms with van der Waals surface area (Å²) in [7, 11) is 0. The zero-order chi connectivity index (χ0) is 12.4.